The smallest absolute Gasteiger partial charge is 0.257 e. The number of amides is 1. The Hall–Kier alpha value is -2.40. The molecule has 0 aliphatic heterocycles. The lowest BCUT2D eigenvalue weighted by Gasteiger charge is -2.06. The minimum atomic E-state index is -0.162. The molecule has 22 heavy (non-hydrogen) atoms. The fourth-order valence-corrected chi connectivity index (χ4v) is 2.96. The van der Waals surface area contributed by atoms with Crippen LogP contribution in [0.4, 0.5) is 0 Å². The Bertz CT molecular complexity index is 791. The Morgan fingerprint density at radius 3 is 2.77 bits per heavy atom. The summed E-state index contributed by atoms with van der Waals surface area (Å²) in [6.45, 7) is 4.28. The van der Waals surface area contributed by atoms with Crippen LogP contribution in [0.15, 0.2) is 46.3 Å². The Balaban J connectivity index is 1.89. The lowest BCUT2D eigenvalue weighted by molar-refractivity contribution is 0.0951. The van der Waals surface area contributed by atoms with Gasteiger partial charge in [-0.1, -0.05) is 35.5 Å². The number of carbonyl (C=O) groups excluding carboxylic acids is 1. The van der Waals surface area contributed by atoms with E-state index < -0.39 is 0 Å². The van der Waals surface area contributed by atoms with Crippen LogP contribution < -0.4 is 5.32 Å². The van der Waals surface area contributed by atoms with Gasteiger partial charge >= 0.3 is 0 Å². The zero-order valence-electron chi connectivity index (χ0n) is 12.4. The van der Waals surface area contributed by atoms with Crippen LogP contribution in [0, 0.1) is 13.8 Å². The average molecular weight is 312 g/mol. The van der Waals surface area contributed by atoms with Crippen LogP contribution in [-0.2, 0) is 6.54 Å². The number of hydrogen-bond donors (Lipinski definition) is 1. The molecule has 5 heteroatoms. The first kappa shape index (κ1) is 14.5. The van der Waals surface area contributed by atoms with E-state index in [1.807, 2.05) is 48.7 Å². The first-order valence-electron chi connectivity index (χ1n) is 6.99. The quantitative estimate of drug-likeness (QED) is 0.793. The minimum Gasteiger partial charge on any atom is -0.355 e. The molecule has 0 spiro atoms. The van der Waals surface area contributed by atoms with Crippen molar-refractivity contribution >= 4 is 17.2 Å². The Kier molecular flexibility index (Phi) is 4.06. The SMILES string of the molecule is Cc1ccccc1-c1onc(C)c1C(=O)NCc1cccs1. The number of thiophene rings is 1. The second kappa shape index (κ2) is 6.15. The molecule has 1 aromatic carbocycles. The summed E-state index contributed by atoms with van der Waals surface area (Å²) in [4.78, 5) is 13.6. The van der Waals surface area contributed by atoms with E-state index in [-0.39, 0.29) is 5.91 Å². The number of carbonyl (C=O) groups is 1. The van der Waals surface area contributed by atoms with Gasteiger partial charge in [-0.15, -0.1) is 11.3 Å². The van der Waals surface area contributed by atoms with E-state index in [0.29, 0.717) is 23.6 Å². The van der Waals surface area contributed by atoms with Gasteiger partial charge in [-0.3, -0.25) is 4.79 Å². The minimum absolute atomic E-state index is 0.162. The zero-order chi connectivity index (χ0) is 15.5. The third kappa shape index (κ3) is 2.80. The summed E-state index contributed by atoms with van der Waals surface area (Å²) in [5.74, 6) is 0.365. The number of aryl methyl sites for hydroxylation is 2. The predicted molar refractivity (Wildman–Crippen MR) is 86.9 cm³/mol. The number of hydrogen-bond acceptors (Lipinski definition) is 4. The van der Waals surface area contributed by atoms with Crippen LogP contribution >= 0.6 is 11.3 Å². The molecule has 0 radical (unpaired) electrons. The molecule has 0 bridgehead atoms. The van der Waals surface area contributed by atoms with Gasteiger partial charge in [0.2, 0.25) is 0 Å². The largest absolute Gasteiger partial charge is 0.355 e. The lowest BCUT2D eigenvalue weighted by Crippen LogP contribution is -2.23. The molecule has 112 valence electrons. The molecule has 3 rings (SSSR count). The van der Waals surface area contributed by atoms with E-state index >= 15 is 0 Å². The molecule has 1 amide bonds. The van der Waals surface area contributed by atoms with Crippen LogP contribution in [0.5, 0.6) is 0 Å². The number of benzene rings is 1. The van der Waals surface area contributed by atoms with Gasteiger partial charge < -0.3 is 9.84 Å². The Morgan fingerprint density at radius 1 is 1.23 bits per heavy atom. The molecule has 2 heterocycles. The molecule has 0 atom stereocenters. The summed E-state index contributed by atoms with van der Waals surface area (Å²) >= 11 is 1.62. The van der Waals surface area contributed by atoms with Crippen molar-refractivity contribution in [2.24, 2.45) is 0 Å². The fourth-order valence-electron chi connectivity index (χ4n) is 2.32. The van der Waals surface area contributed by atoms with Gasteiger partial charge in [0.1, 0.15) is 5.56 Å². The van der Waals surface area contributed by atoms with Crippen LogP contribution in [0.1, 0.15) is 26.5 Å². The lowest BCUT2D eigenvalue weighted by atomic mass is 10.0. The van der Waals surface area contributed by atoms with E-state index in [4.69, 9.17) is 4.52 Å². The molecular formula is C17H16N2O2S. The highest BCUT2D eigenvalue weighted by molar-refractivity contribution is 7.09. The summed E-state index contributed by atoms with van der Waals surface area (Å²) in [6, 6.07) is 11.8. The normalized spacial score (nSPS) is 10.6. The number of aromatic nitrogens is 1. The first-order valence-corrected chi connectivity index (χ1v) is 7.87. The van der Waals surface area contributed by atoms with E-state index in [0.717, 1.165) is 16.0 Å². The molecule has 0 saturated carbocycles. The molecule has 3 aromatic rings. The summed E-state index contributed by atoms with van der Waals surface area (Å²) in [5, 5.41) is 8.89. The van der Waals surface area contributed by atoms with Crippen LogP contribution in [0.25, 0.3) is 11.3 Å². The highest BCUT2D eigenvalue weighted by Crippen LogP contribution is 2.28. The van der Waals surface area contributed by atoms with Gasteiger partial charge in [0.15, 0.2) is 5.76 Å². The van der Waals surface area contributed by atoms with Gasteiger partial charge in [0, 0.05) is 10.4 Å². The van der Waals surface area contributed by atoms with Crippen LogP contribution in [-0.4, -0.2) is 11.1 Å². The average Bonchev–Trinajstić information content (AvgIpc) is 3.15. The maximum absolute atomic E-state index is 12.5. The summed E-state index contributed by atoms with van der Waals surface area (Å²) in [5.41, 5.74) is 3.04. The molecular weight excluding hydrogens is 296 g/mol. The molecule has 0 aliphatic carbocycles. The number of nitrogens with one attached hydrogen (secondary N) is 1. The molecule has 4 nitrogen and oxygen atoms in total. The van der Waals surface area contributed by atoms with Crippen molar-refractivity contribution < 1.29 is 9.32 Å². The molecule has 0 fully saturated rings. The van der Waals surface area contributed by atoms with Gasteiger partial charge in [0.05, 0.1) is 12.2 Å². The Morgan fingerprint density at radius 2 is 2.05 bits per heavy atom. The van der Waals surface area contributed by atoms with Crippen LogP contribution in [0.3, 0.4) is 0 Å². The van der Waals surface area contributed by atoms with Gasteiger partial charge in [-0.2, -0.15) is 0 Å². The van der Waals surface area contributed by atoms with Crippen molar-refractivity contribution in [2.45, 2.75) is 20.4 Å². The van der Waals surface area contributed by atoms with Crippen molar-refractivity contribution in [3.05, 3.63) is 63.5 Å². The third-order valence-corrected chi connectivity index (χ3v) is 4.36. The van der Waals surface area contributed by atoms with Crippen molar-refractivity contribution in [3.8, 4) is 11.3 Å². The van der Waals surface area contributed by atoms with E-state index in [1.54, 1.807) is 18.3 Å². The van der Waals surface area contributed by atoms with E-state index in [1.165, 1.54) is 0 Å². The number of nitrogens with zero attached hydrogens (tertiary/aromatic N) is 1. The first-order chi connectivity index (χ1) is 10.7. The van der Waals surface area contributed by atoms with Gasteiger partial charge in [-0.05, 0) is 30.9 Å². The Labute approximate surface area is 132 Å². The summed E-state index contributed by atoms with van der Waals surface area (Å²) < 4.78 is 5.41. The maximum Gasteiger partial charge on any atom is 0.257 e. The van der Waals surface area contributed by atoms with E-state index in [2.05, 4.69) is 10.5 Å². The molecule has 2 aromatic heterocycles. The molecule has 0 unspecified atom stereocenters. The number of rotatable bonds is 4. The highest BCUT2D eigenvalue weighted by Gasteiger charge is 2.22. The molecule has 1 N–H and O–H groups in total. The van der Waals surface area contributed by atoms with Crippen molar-refractivity contribution in [1.82, 2.24) is 10.5 Å². The van der Waals surface area contributed by atoms with Crippen molar-refractivity contribution in [3.63, 3.8) is 0 Å². The fraction of sp³-hybridized carbons (Fsp3) is 0.176. The van der Waals surface area contributed by atoms with E-state index in [9.17, 15) is 4.79 Å². The highest BCUT2D eigenvalue weighted by atomic mass is 32.1. The molecule has 0 saturated heterocycles. The summed E-state index contributed by atoms with van der Waals surface area (Å²) in [7, 11) is 0. The van der Waals surface area contributed by atoms with Crippen molar-refractivity contribution in [1.29, 1.82) is 0 Å². The van der Waals surface area contributed by atoms with Crippen molar-refractivity contribution in [2.75, 3.05) is 0 Å². The predicted octanol–water partition coefficient (Wildman–Crippen LogP) is 3.95. The van der Waals surface area contributed by atoms with Gasteiger partial charge in [0.25, 0.3) is 5.91 Å². The van der Waals surface area contributed by atoms with Crippen LogP contribution in [0.2, 0.25) is 0 Å². The van der Waals surface area contributed by atoms with Gasteiger partial charge in [-0.25, -0.2) is 0 Å². The second-order valence-electron chi connectivity index (χ2n) is 5.05. The summed E-state index contributed by atoms with van der Waals surface area (Å²) in [6.07, 6.45) is 0. The maximum atomic E-state index is 12.5. The zero-order valence-corrected chi connectivity index (χ0v) is 13.2. The monoisotopic (exact) mass is 312 g/mol. The topological polar surface area (TPSA) is 55.1 Å². The molecule has 0 aliphatic rings. The second-order valence-corrected chi connectivity index (χ2v) is 6.08. The standard InChI is InChI=1S/C17H16N2O2S/c1-11-6-3-4-8-14(11)16-15(12(2)19-21-16)17(20)18-10-13-7-5-9-22-13/h3-9H,10H2,1-2H3,(H,18,20). The third-order valence-electron chi connectivity index (χ3n) is 3.48.